The van der Waals surface area contributed by atoms with Crippen molar-refractivity contribution in [1.82, 2.24) is 9.78 Å². The number of aliphatic hydroxyl groups is 1. The average molecular weight is 287 g/mol. The van der Waals surface area contributed by atoms with Gasteiger partial charge in [0.05, 0.1) is 28.1 Å². The Kier molecular flexibility index (Phi) is 4.54. The molecule has 5 heteroatoms. The molecule has 0 spiro atoms. The molecule has 1 aliphatic heterocycles. The van der Waals surface area contributed by atoms with Gasteiger partial charge in [-0.05, 0) is 33.1 Å². The molecule has 0 aromatic carbocycles. The van der Waals surface area contributed by atoms with Crippen molar-refractivity contribution in [2.45, 2.75) is 64.7 Å². The maximum atomic E-state index is 10.5. The summed E-state index contributed by atoms with van der Waals surface area (Å²) in [5.41, 5.74) is 1.38. The van der Waals surface area contributed by atoms with Crippen molar-refractivity contribution >= 4 is 11.6 Å². The summed E-state index contributed by atoms with van der Waals surface area (Å²) in [6, 6.07) is 0. The molecule has 19 heavy (non-hydrogen) atoms. The van der Waals surface area contributed by atoms with E-state index >= 15 is 0 Å². The first kappa shape index (κ1) is 14.8. The highest BCUT2D eigenvalue weighted by Crippen LogP contribution is 2.32. The quantitative estimate of drug-likeness (QED) is 0.905. The van der Waals surface area contributed by atoms with Crippen LogP contribution in [0.3, 0.4) is 0 Å². The molecule has 1 N–H and O–H groups in total. The van der Waals surface area contributed by atoms with E-state index in [1.54, 1.807) is 0 Å². The lowest BCUT2D eigenvalue weighted by Crippen LogP contribution is -2.40. The molecule has 1 saturated heterocycles. The van der Waals surface area contributed by atoms with E-state index in [1.807, 2.05) is 25.5 Å². The van der Waals surface area contributed by atoms with Crippen LogP contribution >= 0.6 is 11.6 Å². The highest BCUT2D eigenvalue weighted by molar-refractivity contribution is 6.31. The molecule has 1 aromatic heterocycles. The first-order chi connectivity index (χ1) is 9.01. The van der Waals surface area contributed by atoms with E-state index in [0.717, 1.165) is 43.8 Å². The molecule has 1 aromatic rings. The van der Waals surface area contributed by atoms with Crippen LogP contribution in [0, 0.1) is 0 Å². The normalized spacial score (nSPS) is 24.9. The number of ether oxygens (including phenoxy) is 1. The molecular weight excluding hydrogens is 264 g/mol. The summed E-state index contributed by atoms with van der Waals surface area (Å²) in [5, 5.41) is 15.6. The summed E-state index contributed by atoms with van der Waals surface area (Å²) in [4.78, 5) is 0. The van der Waals surface area contributed by atoms with Crippen molar-refractivity contribution in [3.8, 4) is 0 Å². The Bertz CT molecular complexity index is 439. The van der Waals surface area contributed by atoms with Crippen LogP contribution in [0.1, 0.15) is 45.0 Å². The second-order valence-corrected chi connectivity index (χ2v) is 5.74. The molecule has 4 nitrogen and oxygen atoms in total. The number of aromatic nitrogens is 2. The third kappa shape index (κ3) is 2.81. The van der Waals surface area contributed by atoms with Gasteiger partial charge in [-0.2, -0.15) is 5.10 Å². The average Bonchev–Trinajstić information content (AvgIpc) is 2.96. The molecule has 0 bridgehead atoms. The number of hydrogen-bond donors (Lipinski definition) is 1. The number of halogens is 1. The van der Waals surface area contributed by atoms with Crippen molar-refractivity contribution in [1.29, 1.82) is 0 Å². The standard InChI is InChI=1S/C14H23ClN2O2/c1-4-10-13(15)11(17(5-2)16-10)9-12(18)14(3)7-6-8-19-14/h12,18H,4-9H2,1-3H3. The molecule has 2 heterocycles. The van der Waals surface area contributed by atoms with Crippen molar-refractivity contribution in [3.05, 3.63) is 16.4 Å². The Labute approximate surface area is 119 Å². The van der Waals surface area contributed by atoms with E-state index in [4.69, 9.17) is 16.3 Å². The van der Waals surface area contributed by atoms with Gasteiger partial charge in [0.1, 0.15) is 0 Å². The zero-order valence-electron chi connectivity index (χ0n) is 11.9. The van der Waals surface area contributed by atoms with E-state index < -0.39 is 11.7 Å². The van der Waals surface area contributed by atoms with Crippen molar-refractivity contribution in [2.24, 2.45) is 0 Å². The van der Waals surface area contributed by atoms with Crippen LogP contribution in [0.15, 0.2) is 0 Å². The van der Waals surface area contributed by atoms with Gasteiger partial charge in [-0.25, -0.2) is 0 Å². The predicted octanol–water partition coefficient (Wildman–Crippen LogP) is 2.59. The maximum absolute atomic E-state index is 10.5. The second kappa shape index (κ2) is 5.81. The van der Waals surface area contributed by atoms with E-state index in [2.05, 4.69) is 5.10 Å². The fourth-order valence-corrected chi connectivity index (χ4v) is 3.02. The van der Waals surface area contributed by atoms with E-state index in [9.17, 15) is 5.11 Å². The van der Waals surface area contributed by atoms with E-state index in [-0.39, 0.29) is 0 Å². The van der Waals surface area contributed by atoms with Crippen LogP contribution in [0.25, 0.3) is 0 Å². The Morgan fingerprint density at radius 1 is 1.53 bits per heavy atom. The molecule has 0 radical (unpaired) electrons. The van der Waals surface area contributed by atoms with Gasteiger partial charge in [0.25, 0.3) is 0 Å². The highest BCUT2D eigenvalue weighted by atomic mass is 35.5. The molecule has 0 saturated carbocycles. The molecule has 108 valence electrons. The smallest absolute Gasteiger partial charge is 0.0916 e. The molecule has 2 atom stereocenters. The van der Waals surface area contributed by atoms with Gasteiger partial charge in [-0.15, -0.1) is 0 Å². The first-order valence-electron chi connectivity index (χ1n) is 7.08. The highest BCUT2D eigenvalue weighted by Gasteiger charge is 2.38. The topological polar surface area (TPSA) is 47.3 Å². The van der Waals surface area contributed by atoms with Gasteiger partial charge in [-0.1, -0.05) is 18.5 Å². The Hall–Kier alpha value is -0.580. The zero-order valence-corrected chi connectivity index (χ0v) is 12.7. The van der Waals surface area contributed by atoms with E-state index in [1.165, 1.54) is 0 Å². The monoisotopic (exact) mass is 286 g/mol. The fourth-order valence-electron chi connectivity index (χ4n) is 2.67. The van der Waals surface area contributed by atoms with Gasteiger partial charge in [0.2, 0.25) is 0 Å². The Balaban J connectivity index is 2.20. The molecule has 0 amide bonds. The lowest BCUT2D eigenvalue weighted by Gasteiger charge is -2.29. The van der Waals surface area contributed by atoms with Gasteiger partial charge >= 0.3 is 0 Å². The van der Waals surface area contributed by atoms with E-state index in [0.29, 0.717) is 11.4 Å². The summed E-state index contributed by atoms with van der Waals surface area (Å²) in [6.45, 7) is 7.54. The third-order valence-corrected chi connectivity index (χ3v) is 4.47. The minimum Gasteiger partial charge on any atom is -0.390 e. The van der Waals surface area contributed by atoms with Gasteiger partial charge < -0.3 is 9.84 Å². The number of rotatable bonds is 5. The largest absolute Gasteiger partial charge is 0.390 e. The second-order valence-electron chi connectivity index (χ2n) is 5.36. The predicted molar refractivity (Wildman–Crippen MR) is 75.6 cm³/mol. The molecule has 1 fully saturated rings. The van der Waals surface area contributed by atoms with Crippen LogP contribution in [0.2, 0.25) is 5.02 Å². The fraction of sp³-hybridized carbons (Fsp3) is 0.786. The molecular formula is C14H23ClN2O2. The SMILES string of the molecule is CCc1nn(CC)c(CC(O)C2(C)CCCO2)c1Cl. The lowest BCUT2D eigenvalue weighted by atomic mass is 9.92. The molecule has 2 unspecified atom stereocenters. The van der Waals surface area contributed by atoms with Crippen LogP contribution < -0.4 is 0 Å². The van der Waals surface area contributed by atoms with Gasteiger partial charge in [-0.3, -0.25) is 4.68 Å². The number of aryl methyl sites for hydroxylation is 2. The first-order valence-corrected chi connectivity index (χ1v) is 7.45. The summed E-state index contributed by atoms with van der Waals surface area (Å²) in [5.74, 6) is 0. The summed E-state index contributed by atoms with van der Waals surface area (Å²) in [7, 11) is 0. The third-order valence-electron chi connectivity index (χ3n) is 4.04. The minimum absolute atomic E-state index is 0.446. The van der Waals surface area contributed by atoms with Crippen molar-refractivity contribution in [2.75, 3.05) is 6.61 Å². The van der Waals surface area contributed by atoms with Gasteiger partial charge in [0, 0.05) is 19.6 Å². The van der Waals surface area contributed by atoms with Crippen LogP contribution in [0.5, 0.6) is 0 Å². The van der Waals surface area contributed by atoms with Crippen LogP contribution in [0.4, 0.5) is 0 Å². The molecule has 1 aliphatic rings. The Morgan fingerprint density at radius 3 is 2.79 bits per heavy atom. The zero-order chi connectivity index (χ0) is 14.0. The maximum Gasteiger partial charge on any atom is 0.0916 e. The Morgan fingerprint density at radius 2 is 2.26 bits per heavy atom. The molecule has 0 aliphatic carbocycles. The number of hydrogen-bond acceptors (Lipinski definition) is 3. The van der Waals surface area contributed by atoms with Crippen molar-refractivity contribution < 1.29 is 9.84 Å². The van der Waals surface area contributed by atoms with Gasteiger partial charge in [0.15, 0.2) is 0 Å². The number of aliphatic hydroxyl groups excluding tert-OH is 1. The minimum atomic E-state index is -0.542. The summed E-state index contributed by atoms with van der Waals surface area (Å²) >= 11 is 6.37. The number of nitrogens with zero attached hydrogens (tertiary/aromatic N) is 2. The van der Waals surface area contributed by atoms with Crippen molar-refractivity contribution in [3.63, 3.8) is 0 Å². The lowest BCUT2D eigenvalue weighted by molar-refractivity contribution is -0.0774. The summed E-state index contributed by atoms with van der Waals surface area (Å²) < 4.78 is 7.59. The summed E-state index contributed by atoms with van der Waals surface area (Å²) in [6.07, 6.45) is 2.67. The van der Waals surface area contributed by atoms with Crippen LogP contribution in [-0.4, -0.2) is 33.2 Å². The van der Waals surface area contributed by atoms with Crippen LogP contribution in [-0.2, 0) is 24.1 Å². The molecule has 2 rings (SSSR count).